The van der Waals surface area contributed by atoms with Crippen molar-refractivity contribution < 1.29 is 9.63 Å². The lowest BCUT2D eigenvalue weighted by molar-refractivity contribution is -0.138. The second-order valence-corrected chi connectivity index (χ2v) is 4.15. The van der Waals surface area contributed by atoms with Crippen molar-refractivity contribution in [2.75, 3.05) is 6.61 Å². The highest BCUT2D eigenvalue weighted by Gasteiger charge is 2.22. The molecule has 0 saturated heterocycles. The topological polar surface area (TPSA) is 38.3 Å². The fourth-order valence-corrected chi connectivity index (χ4v) is 1.55. The van der Waals surface area contributed by atoms with Gasteiger partial charge in [0.1, 0.15) is 0 Å². The molecule has 0 radical (unpaired) electrons. The number of carbonyl (C=O) groups excluding carboxylic acids is 1. The van der Waals surface area contributed by atoms with E-state index in [0.717, 1.165) is 12.8 Å². The van der Waals surface area contributed by atoms with Gasteiger partial charge in [-0.2, -0.15) is 0 Å². The lowest BCUT2D eigenvalue weighted by Crippen LogP contribution is -2.30. The average Bonchev–Trinajstić information content (AvgIpc) is 2.55. The fraction of sp³-hybridized carbons (Fsp3) is 0.900. The van der Waals surface area contributed by atoms with Gasteiger partial charge in [-0.05, 0) is 18.8 Å². The van der Waals surface area contributed by atoms with Gasteiger partial charge in [-0.25, -0.2) is 5.48 Å². The van der Waals surface area contributed by atoms with Gasteiger partial charge >= 0.3 is 0 Å². The van der Waals surface area contributed by atoms with E-state index >= 15 is 0 Å². The normalized spacial score (nSPS) is 18.1. The van der Waals surface area contributed by atoms with Gasteiger partial charge in [-0.15, -0.1) is 0 Å². The van der Waals surface area contributed by atoms with Gasteiger partial charge in [-0.3, -0.25) is 9.63 Å². The van der Waals surface area contributed by atoms with Crippen molar-refractivity contribution in [2.24, 2.45) is 11.8 Å². The van der Waals surface area contributed by atoms with Crippen LogP contribution in [0.5, 0.6) is 0 Å². The lowest BCUT2D eigenvalue weighted by Gasteiger charge is -2.11. The number of amides is 1. The largest absolute Gasteiger partial charge is 0.273 e. The molecule has 0 spiro atoms. The highest BCUT2D eigenvalue weighted by Crippen LogP contribution is 2.24. The van der Waals surface area contributed by atoms with Crippen LogP contribution in [0, 0.1) is 11.8 Å². The Balaban J connectivity index is 2.10. The number of hydroxylamine groups is 1. The molecule has 0 bridgehead atoms. The van der Waals surface area contributed by atoms with Crippen LogP contribution in [-0.2, 0) is 9.63 Å². The van der Waals surface area contributed by atoms with Crippen molar-refractivity contribution >= 4 is 5.91 Å². The Morgan fingerprint density at radius 1 is 1.46 bits per heavy atom. The van der Waals surface area contributed by atoms with Gasteiger partial charge in [0.2, 0.25) is 5.91 Å². The summed E-state index contributed by atoms with van der Waals surface area (Å²) in [4.78, 5) is 16.5. The molecule has 76 valence electrons. The Labute approximate surface area is 79.8 Å². The highest BCUT2D eigenvalue weighted by molar-refractivity contribution is 5.77. The number of carbonyl (C=O) groups is 1. The SMILES string of the molecule is CC(C)CONC(=O)C1CCCC1. The molecule has 0 aromatic heterocycles. The minimum Gasteiger partial charge on any atom is -0.273 e. The molecule has 1 fully saturated rings. The average molecular weight is 185 g/mol. The van der Waals surface area contributed by atoms with Gasteiger partial charge in [0.15, 0.2) is 0 Å². The van der Waals surface area contributed by atoms with Crippen LogP contribution in [0.15, 0.2) is 0 Å². The molecule has 1 saturated carbocycles. The molecule has 1 aliphatic rings. The highest BCUT2D eigenvalue weighted by atomic mass is 16.6. The molecular weight excluding hydrogens is 166 g/mol. The van der Waals surface area contributed by atoms with Crippen LogP contribution < -0.4 is 5.48 Å². The zero-order valence-electron chi connectivity index (χ0n) is 8.51. The molecule has 0 atom stereocenters. The maximum absolute atomic E-state index is 11.4. The first-order valence-corrected chi connectivity index (χ1v) is 5.12. The Morgan fingerprint density at radius 3 is 2.62 bits per heavy atom. The first-order chi connectivity index (χ1) is 6.20. The predicted octanol–water partition coefficient (Wildman–Crippen LogP) is 1.88. The van der Waals surface area contributed by atoms with Crippen LogP contribution in [0.4, 0.5) is 0 Å². The number of nitrogens with one attached hydrogen (secondary N) is 1. The van der Waals surface area contributed by atoms with Gasteiger partial charge in [0, 0.05) is 5.92 Å². The summed E-state index contributed by atoms with van der Waals surface area (Å²) < 4.78 is 0. The molecule has 0 aromatic carbocycles. The summed E-state index contributed by atoms with van der Waals surface area (Å²) in [6, 6.07) is 0. The van der Waals surface area contributed by atoms with E-state index in [0.29, 0.717) is 12.5 Å². The molecule has 0 unspecified atom stereocenters. The minimum absolute atomic E-state index is 0.0677. The maximum Gasteiger partial charge on any atom is 0.246 e. The quantitative estimate of drug-likeness (QED) is 0.679. The summed E-state index contributed by atoms with van der Waals surface area (Å²) in [5, 5.41) is 0. The first kappa shape index (κ1) is 10.5. The molecule has 0 aliphatic heterocycles. The van der Waals surface area contributed by atoms with E-state index in [1.54, 1.807) is 0 Å². The molecule has 0 aromatic rings. The Morgan fingerprint density at radius 2 is 2.08 bits per heavy atom. The van der Waals surface area contributed by atoms with E-state index in [1.807, 2.05) is 0 Å². The number of rotatable bonds is 4. The summed E-state index contributed by atoms with van der Waals surface area (Å²) in [5.41, 5.74) is 2.52. The molecule has 1 amide bonds. The molecule has 0 heterocycles. The van der Waals surface area contributed by atoms with Crippen LogP contribution in [-0.4, -0.2) is 12.5 Å². The van der Waals surface area contributed by atoms with E-state index in [9.17, 15) is 4.79 Å². The van der Waals surface area contributed by atoms with Gasteiger partial charge < -0.3 is 0 Å². The van der Waals surface area contributed by atoms with E-state index < -0.39 is 0 Å². The zero-order chi connectivity index (χ0) is 9.68. The van der Waals surface area contributed by atoms with Crippen molar-refractivity contribution in [1.82, 2.24) is 5.48 Å². The van der Waals surface area contributed by atoms with Crippen LogP contribution in [0.1, 0.15) is 39.5 Å². The monoisotopic (exact) mass is 185 g/mol. The summed E-state index contributed by atoms with van der Waals surface area (Å²) in [6.07, 6.45) is 4.41. The molecule has 1 rings (SSSR count). The number of hydrogen-bond acceptors (Lipinski definition) is 2. The van der Waals surface area contributed by atoms with E-state index in [4.69, 9.17) is 4.84 Å². The Bertz CT molecular complexity index is 162. The summed E-state index contributed by atoms with van der Waals surface area (Å²) in [6.45, 7) is 4.71. The molecule has 13 heavy (non-hydrogen) atoms. The molecule has 1 N–H and O–H groups in total. The maximum atomic E-state index is 11.4. The summed E-state index contributed by atoms with van der Waals surface area (Å²) in [7, 11) is 0. The van der Waals surface area contributed by atoms with Gasteiger partial charge in [0.25, 0.3) is 0 Å². The van der Waals surface area contributed by atoms with E-state index in [2.05, 4.69) is 19.3 Å². The van der Waals surface area contributed by atoms with Crippen LogP contribution >= 0.6 is 0 Å². The third kappa shape index (κ3) is 3.77. The van der Waals surface area contributed by atoms with Crippen LogP contribution in [0.25, 0.3) is 0 Å². The van der Waals surface area contributed by atoms with E-state index in [1.165, 1.54) is 12.8 Å². The molecule has 3 heteroatoms. The first-order valence-electron chi connectivity index (χ1n) is 5.12. The van der Waals surface area contributed by atoms with Crippen molar-refractivity contribution in [2.45, 2.75) is 39.5 Å². The van der Waals surface area contributed by atoms with Crippen LogP contribution in [0.3, 0.4) is 0 Å². The summed E-state index contributed by atoms with van der Waals surface area (Å²) >= 11 is 0. The summed E-state index contributed by atoms with van der Waals surface area (Å²) in [5.74, 6) is 0.731. The van der Waals surface area contributed by atoms with Gasteiger partial charge in [-0.1, -0.05) is 26.7 Å². The standard InChI is InChI=1S/C10H19NO2/c1-8(2)7-13-11-10(12)9-5-3-4-6-9/h8-9H,3-7H2,1-2H3,(H,11,12). The lowest BCUT2D eigenvalue weighted by atomic mass is 10.1. The fourth-order valence-electron chi connectivity index (χ4n) is 1.55. The predicted molar refractivity (Wildman–Crippen MR) is 50.9 cm³/mol. The van der Waals surface area contributed by atoms with Gasteiger partial charge in [0.05, 0.1) is 6.61 Å². The van der Waals surface area contributed by atoms with E-state index in [-0.39, 0.29) is 11.8 Å². The van der Waals surface area contributed by atoms with Crippen molar-refractivity contribution in [3.8, 4) is 0 Å². The second-order valence-electron chi connectivity index (χ2n) is 4.15. The molecule has 3 nitrogen and oxygen atoms in total. The molecule has 1 aliphatic carbocycles. The molecular formula is C10H19NO2. The Kier molecular flexibility index (Phi) is 4.22. The third-order valence-electron chi connectivity index (χ3n) is 2.32. The van der Waals surface area contributed by atoms with Crippen LogP contribution in [0.2, 0.25) is 0 Å². The Hall–Kier alpha value is -0.570. The minimum atomic E-state index is 0.0677. The zero-order valence-corrected chi connectivity index (χ0v) is 8.51. The second kappa shape index (κ2) is 5.22. The third-order valence-corrected chi connectivity index (χ3v) is 2.32. The van der Waals surface area contributed by atoms with Crippen molar-refractivity contribution in [3.63, 3.8) is 0 Å². The van der Waals surface area contributed by atoms with Crippen molar-refractivity contribution in [3.05, 3.63) is 0 Å². The number of hydrogen-bond donors (Lipinski definition) is 1. The van der Waals surface area contributed by atoms with Crippen molar-refractivity contribution in [1.29, 1.82) is 0 Å². The smallest absolute Gasteiger partial charge is 0.246 e.